The van der Waals surface area contributed by atoms with Crippen molar-refractivity contribution < 1.29 is 17.6 Å². The van der Waals surface area contributed by atoms with Crippen LogP contribution in [0.15, 0.2) is 78.9 Å². The van der Waals surface area contributed by atoms with Gasteiger partial charge in [-0.3, -0.25) is 4.79 Å². The maximum absolute atomic E-state index is 14.1. The fourth-order valence-electron chi connectivity index (χ4n) is 4.25. The molecule has 212 valence electrons. The smallest absolute Gasteiger partial charge is 0.241 e. The molecule has 0 fully saturated rings. The molecule has 0 radical (unpaired) electrons. The summed E-state index contributed by atoms with van der Waals surface area (Å²) in [5.74, 6) is -0.0241. The molecule has 40 heavy (non-hydrogen) atoms. The summed E-state index contributed by atoms with van der Waals surface area (Å²) < 4.78 is 34.8. The zero-order chi connectivity index (χ0) is 29.1. The third kappa shape index (κ3) is 6.37. The summed E-state index contributed by atoms with van der Waals surface area (Å²) in [6, 6.07) is 24.3. The maximum atomic E-state index is 14.1. The van der Waals surface area contributed by atoms with Crippen molar-refractivity contribution in [2.75, 3.05) is 11.1 Å². The molecule has 3 aromatic carbocycles. The number of ketones is 1. The van der Waals surface area contributed by atoms with Crippen molar-refractivity contribution in [3.63, 3.8) is 0 Å². The van der Waals surface area contributed by atoms with E-state index in [0.29, 0.717) is 29.6 Å². The number of carbonyl (C=O) groups is 1. The van der Waals surface area contributed by atoms with E-state index in [0.717, 1.165) is 11.1 Å². The summed E-state index contributed by atoms with van der Waals surface area (Å²) in [6.07, 6.45) is -0.353. The third-order valence-electron chi connectivity index (χ3n) is 7.49. The van der Waals surface area contributed by atoms with E-state index in [-0.39, 0.29) is 22.5 Å². The normalized spacial score (nSPS) is 13.3. The zero-order valence-electron chi connectivity index (χ0n) is 24.1. The van der Waals surface area contributed by atoms with E-state index in [9.17, 15) is 13.2 Å². The highest BCUT2D eigenvalue weighted by atomic mass is 32.2. The number of imidazole rings is 1. The summed E-state index contributed by atoms with van der Waals surface area (Å²) in [4.78, 5) is 18.7. The van der Waals surface area contributed by atoms with Crippen LogP contribution < -0.4 is 5.32 Å². The molecule has 4 rings (SSSR count). The Kier molecular flexibility index (Phi) is 8.68. The lowest BCUT2D eigenvalue weighted by molar-refractivity contribution is 0.0767. The quantitative estimate of drug-likeness (QED) is 0.150. The standard InChI is InChI=1S/C31H39N3O4SSi/c1-7-20-39(36,37)34-27-21-25(18-19-26(27)33-30(34)32-22-23-14-10-8-11-15-23)28(35)29(24-16-12-9-13-17-24)38-40(5,6)31(2,3)4/h8-19,21,29H,7,20,22H2,1-6H3,(H,32,33). The number of benzene rings is 3. The van der Waals surface area contributed by atoms with Crippen LogP contribution in [0.5, 0.6) is 0 Å². The van der Waals surface area contributed by atoms with Gasteiger partial charge in [0.25, 0.3) is 0 Å². The van der Waals surface area contributed by atoms with Gasteiger partial charge in [0.1, 0.15) is 6.10 Å². The zero-order valence-corrected chi connectivity index (χ0v) is 26.0. The Labute approximate surface area is 238 Å². The molecule has 1 unspecified atom stereocenters. The minimum Gasteiger partial charge on any atom is -0.403 e. The Morgan fingerprint density at radius 1 is 1.00 bits per heavy atom. The molecule has 4 aromatic rings. The van der Waals surface area contributed by atoms with Crippen LogP contribution in [0, 0.1) is 0 Å². The van der Waals surface area contributed by atoms with Gasteiger partial charge < -0.3 is 9.74 Å². The lowest BCUT2D eigenvalue weighted by Gasteiger charge is -2.39. The number of aromatic nitrogens is 2. The summed E-state index contributed by atoms with van der Waals surface area (Å²) in [7, 11) is -6.07. The first kappa shape index (κ1) is 29.7. The molecule has 0 saturated heterocycles. The third-order valence-corrected chi connectivity index (χ3v) is 13.8. The average Bonchev–Trinajstić information content (AvgIpc) is 3.29. The van der Waals surface area contributed by atoms with Crippen molar-refractivity contribution >= 4 is 41.1 Å². The van der Waals surface area contributed by atoms with E-state index >= 15 is 0 Å². The van der Waals surface area contributed by atoms with Gasteiger partial charge in [-0.15, -0.1) is 0 Å². The van der Waals surface area contributed by atoms with Crippen LogP contribution in [-0.4, -0.2) is 37.2 Å². The van der Waals surface area contributed by atoms with Gasteiger partial charge in [-0.05, 0) is 53.9 Å². The van der Waals surface area contributed by atoms with Crippen molar-refractivity contribution in [2.45, 2.75) is 64.9 Å². The maximum Gasteiger partial charge on any atom is 0.241 e. The number of hydrogen-bond acceptors (Lipinski definition) is 6. The van der Waals surface area contributed by atoms with Crippen molar-refractivity contribution in [3.05, 3.63) is 95.6 Å². The lowest BCUT2D eigenvalue weighted by Crippen LogP contribution is -2.43. The fraction of sp³-hybridized carbons (Fsp3) is 0.355. The molecule has 0 aliphatic heterocycles. The van der Waals surface area contributed by atoms with Crippen LogP contribution >= 0.6 is 0 Å². The van der Waals surface area contributed by atoms with E-state index in [2.05, 4.69) is 44.2 Å². The first-order chi connectivity index (χ1) is 18.8. The van der Waals surface area contributed by atoms with Gasteiger partial charge in [0.15, 0.2) is 14.1 Å². The molecule has 1 heterocycles. The van der Waals surface area contributed by atoms with E-state index in [1.807, 2.05) is 67.6 Å². The molecule has 9 heteroatoms. The summed E-state index contributed by atoms with van der Waals surface area (Å²) in [5.41, 5.74) is 3.01. The minimum absolute atomic E-state index is 0.0439. The van der Waals surface area contributed by atoms with Crippen LogP contribution in [-0.2, 0) is 21.0 Å². The molecular weight excluding hydrogens is 539 g/mol. The molecular formula is C31H39N3O4SSi. The van der Waals surface area contributed by atoms with E-state index in [4.69, 9.17) is 4.43 Å². The second-order valence-corrected chi connectivity index (χ2v) is 18.3. The number of carbonyl (C=O) groups excluding carboxylic acids is 1. The van der Waals surface area contributed by atoms with Gasteiger partial charge in [-0.2, -0.15) is 0 Å². The van der Waals surface area contributed by atoms with Gasteiger partial charge in [0.05, 0.1) is 16.8 Å². The monoisotopic (exact) mass is 577 g/mol. The Bertz CT molecular complexity index is 1580. The topological polar surface area (TPSA) is 90.3 Å². The highest BCUT2D eigenvalue weighted by molar-refractivity contribution is 7.90. The van der Waals surface area contributed by atoms with Gasteiger partial charge in [-0.1, -0.05) is 88.4 Å². The Hall–Kier alpha value is -3.27. The van der Waals surface area contributed by atoms with Gasteiger partial charge in [-0.25, -0.2) is 17.4 Å². The lowest BCUT2D eigenvalue weighted by atomic mass is 10.00. The van der Waals surface area contributed by atoms with Crippen LogP contribution in [0.2, 0.25) is 18.1 Å². The molecule has 0 saturated carbocycles. The highest BCUT2D eigenvalue weighted by Gasteiger charge is 2.41. The molecule has 0 bridgehead atoms. The van der Waals surface area contributed by atoms with E-state index in [1.165, 1.54) is 3.97 Å². The second-order valence-electron chi connectivity index (χ2n) is 11.6. The van der Waals surface area contributed by atoms with Gasteiger partial charge >= 0.3 is 0 Å². The number of fused-ring (bicyclic) bond motifs is 1. The van der Waals surface area contributed by atoms with Crippen molar-refractivity contribution in [3.8, 4) is 0 Å². The molecule has 0 amide bonds. The molecule has 1 N–H and O–H groups in total. The van der Waals surface area contributed by atoms with Gasteiger partial charge in [0.2, 0.25) is 16.0 Å². The first-order valence-electron chi connectivity index (χ1n) is 13.6. The van der Waals surface area contributed by atoms with Crippen LogP contribution in [0.25, 0.3) is 11.0 Å². The van der Waals surface area contributed by atoms with Crippen molar-refractivity contribution in [1.82, 2.24) is 8.96 Å². The highest BCUT2D eigenvalue weighted by Crippen LogP contribution is 2.40. The van der Waals surface area contributed by atoms with E-state index in [1.54, 1.807) is 18.2 Å². The molecule has 1 aromatic heterocycles. The molecule has 0 aliphatic carbocycles. The summed E-state index contributed by atoms with van der Waals surface area (Å²) in [5, 5.41) is 3.10. The number of anilines is 1. The summed E-state index contributed by atoms with van der Waals surface area (Å²) >= 11 is 0. The van der Waals surface area contributed by atoms with Crippen molar-refractivity contribution in [2.24, 2.45) is 0 Å². The minimum atomic E-state index is -3.74. The first-order valence-corrected chi connectivity index (χ1v) is 18.2. The van der Waals surface area contributed by atoms with Crippen molar-refractivity contribution in [1.29, 1.82) is 0 Å². The average molecular weight is 578 g/mol. The predicted octanol–water partition coefficient (Wildman–Crippen LogP) is 7.18. The van der Waals surface area contributed by atoms with Crippen LogP contribution in [0.3, 0.4) is 0 Å². The second kappa shape index (κ2) is 11.7. The molecule has 1 atom stereocenters. The van der Waals surface area contributed by atoms with Crippen LogP contribution in [0.4, 0.5) is 5.95 Å². The molecule has 0 spiro atoms. The summed E-state index contributed by atoms with van der Waals surface area (Å²) in [6.45, 7) is 12.9. The number of rotatable bonds is 11. The number of nitrogens with one attached hydrogen (secondary N) is 1. The van der Waals surface area contributed by atoms with Crippen LogP contribution in [0.1, 0.15) is 61.7 Å². The predicted molar refractivity (Wildman–Crippen MR) is 165 cm³/mol. The number of nitrogens with zero attached hydrogens (tertiary/aromatic N) is 2. The number of Topliss-reactive ketones (excluding diaryl/α,β-unsaturated/α-hetero) is 1. The van der Waals surface area contributed by atoms with E-state index < -0.39 is 24.4 Å². The number of hydrogen-bond donors (Lipinski definition) is 1. The fourth-order valence-corrected chi connectivity index (χ4v) is 6.95. The molecule has 7 nitrogen and oxygen atoms in total. The Morgan fingerprint density at radius 3 is 2.23 bits per heavy atom. The largest absolute Gasteiger partial charge is 0.403 e. The molecule has 0 aliphatic rings. The Morgan fingerprint density at radius 2 is 1.62 bits per heavy atom. The Balaban J connectivity index is 1.79. The SMILES string of the molecule is CCCS(=O)(=O)n1c(NCc2ccccc2)nc2ccc(C(=O)C(O[Si](C)(C)C(C)(C)C)c3ccccc3)cc21. The van der Waals surface area contributed by atoms with Gasteiger partial charge in [0, 0.05) is 12.1 Å².